The van der Waals surface area contributed by atoms with Gasteiger partial charge in [0.15, 0.2) is 0 Å². The van der Waals surface area contributed by atoms with Crippen LogP contribution in [0.4, 0.5) is 0 Å². The van der Waals surface area contributed by atoms with E-state index in [0.29, 0.717) is 0 Å². The molecule has 5 aromatic carbocycles. The summed E-state index contributed by atoms with van der Waals surface area (Å²) in [5.74, 6) is 1.81. The van der Waals surface area contributed by atoms with Gasteiger partial charge < -0.3 is 4.74 Å². The molecule has 6 aromatic rings. The van der Waals surface area contributed by atoms with Crippen LogP contribution < -0.4 is 4.74 Å². The minimum absolute atomic E-state index is 0.471. The number of hydrogen-bond donors (Lipinski definition) is 0. The van der Waals surface area contributed by atoms with Crippen molar-refractivity contribution in [3.63, 3.8) is 0 Å². The molecule has 1 aliphatic carbocycles. The molecule has 0 radical (unpaired) electrons. The molecule has 8 rings (SSSR count). The number of fused-ring (bicyclic) bond motifs is 12. The Balaban J connectivity index is 1.59. The number of halogens is 2. The molecule has 4 heteroatoms. The van der Waals surface area contributed by atoms with Crippen LogP contribution in [-0.4, -0.2) is 0 Å². The Bertz CT molecular complexity index is 1820. The van der Waals surface area contributed by atoms with Gasteiger partial charge >= 0.3 is 0 Å². The number of ether oxygens (including phenoxy) is 1. The summed E-state index contributed by atoms with van der Waals surface area (Å²) in [6, 6.07) is 34.7. The van der Waals surface area contributed by atoms with Gasteiger partial charge in [0.1, 0.15) is 11.5 Å². The van der Waals surface area contributed by atoms with Crippen molar-refractivity contribution in [2.75, 3.05) is 0 Å². The van der Waals surface area contributed by atoms with Crippen molar-refractivity contribution in [3.8, 4) is 22.6 Å². The second-order valence-corrected chi connectivity index (χ2v) is 11.6. The van der Waals surface area contributed by atoms with Gasteiger partial charge in [-0.25, -0.2) is 0 Å². The molecule has 2 aliphatic rings. The molecule has 0 N–H and O–H groups in total. The molecule has 1 aromatic heterocycles. The molecule has 1 nitrogen and oxygen atoms in total. The van der Waals surface area contributed by atoms with E-state index in [2.05, 4.69) is 107 Å². The maximum Gasteiger partial charge on any atom is 0.133 e. The van der Waals surface area contributed by atoms with Crippen molar-refractivity contribution in [1.82, 2.24) is 0 Å². The van der Waals surface area contributed by atoms with E-state index in [4.69, 9.17) is 16.3 Å². The summed E-state index contributed by atoms with van der Waals surface area (Å²) in [5.41, 5.74) is 7.01. The number of rotatable bonds is 0. The normalized spacial score (nSPS) is 14.5. The minimum Gasteiger partial charge on any atom is -0.457 e. The van der Waals surface area contributed by atoms with Crippen molar-refractivity contribution in [2.45, 2.75) is 5.41 Å². The SMILES string of the molecule is Clc1ccc2sc3cc4c(cc3c2c1)C1(c2cc(Br)ccc2O4)c2ccccc2-c2ccccc21. The first-order chi connectivity index (χ1) is 17.1. The summed E-state index contributed by atoms with van der Waals surface area (Å²) in [7, 11) is 0. The van der Waals surface area contributed by atoms with Gasteiger partial charge in [0.2, 0.25) is 0 Å². The lowest BCUT2D eigenvalue weighted by Crippen LogP contribution is -2.32. The van der Waals surface area contributed by atoms with Crippen LogP contribution in [-0.2, 0) is 5.41 Å². The predicted molar refractivity (Wildman–Crippen MR) is 149 cm³/mol. The maximum absolute atomic E-state index is 6.64. The third-order valence-electron chi connectivity index (χ3n) is 7.46. The van der Waals surface area contributed by atoms with Crippen molar-refractivity contribution in [3.05, 3.63) is 129 Å². The number of hydrogen-bond acceptors (Lipinski definition) is 2. The van der Waals surface area contributed by atoms with E-state index in [1.807, 2.05) is 6.07 Å². The van der Waals surface area contributed by atoms with Crippen molar-refractivity contribution < 1.29 is 4.74 Å². The highest BCUT2D eigenvalue weighted by molar-refractivity contribution is 9.10. The smallest absolute Gasteiger partial charge is 0.133 e. The van der Waals surface area contributed by atoms with E-state index >= 15 is 0 Å². The predicted octanol–water partition coefficient (Wildman–Crippen LogP) is 9.94. The third kappa shape index (κ3) is 2.53. The zero-order valence-electron chi connectivity index (χ0n) is 18.3. The van der Waals surface area contributed by atoms with E-state index < -0.39 is 5.41 Å². The average molecular weight is 552 g/mol. The first kappa shape index (κ1) is 20.1. The number of thiophene rings is 1. The molecule has 0 unspecified atom stereocenters. The van der Waals surface area contributed by atoms with Gasteiger partial charge in [-0.3, -0.25) is 0 Å². The Kier molecular flexibility index (Phi) is 4.01. The summed E-state index contributed by atoms with van der Waals surface area (Å²) in [6.45, 7) is 0. The highest BCUT2D eigenvalue weighted by atomic mass is 79.9. The number of benzene rings is 5. The van der Waals surface area contributed by atoms with E-state index in [-0.39, 0.29) is 0 Å². The fourth-order valence-corrected chi connectivity index (χ4v) is 7.75. The molecular formula is C31H16BrClOS. The zero-order valence-corrected chi connectivity index (χ0v) is 21.5. The van der Waals surface area contributed by atoms with Gasteiger partial charge in [-0.05, 0) is 70.8 Å². The van der Waals surface area contributed by atoms with Crippen LogP contribution in [0, 0.1) is 0 Å². The molecule has 166 valence electrons. The quantitative estimate of drug-likeness (QED) is 0.182. The Labute approximate surface area is 219 Å². The molecule has 0 bridgehead atoms. The Morgan fingerprint density at radius 2 is 1.31 bits per heavy atom. The fourth-order valence-electron chi connectivity index (χ4n) is 6.12. The molecule has 0 fully saturated rings. The fraction of sp³-hybridized carbons (Fsp3) is 0.0323. The lowest BCUT2D eigenvalue weighted by molar-refractivity contribution is 0.437. The van der Waals surface area contributed by atoms with Crippen molar-refractivity contribution in [2.24, 2.45) is 0 Å². The monoisotopic (exact) mass is 550 g/mol. The van der Waals surface area contributed by atoms with E-state index in [9.17, 15) is 0 Å². The second kappa shape index (κ2) is 6.98. The standard InChI is InChI=1S/C31H16BrClOS/c32-17-9-11-27-25(13-17)31(23-7-3-1-5-19(23)20-6-2-4-8-24(20)31)26-15-22-21-14-18(33)10-12-29(21)35-30(22)16-28(26)34-27/h1-16H. The van der Waals surface area contributed by atoms with Crippen LogP contribution in [0.2, 0.25) is 5.02 Å². The largest absolute Gasteiger partial charge is 0.457 e. The molecule has 0 atom stereocenters. The average Bonchev–Trinajstić information content (AvgIpc) is 3.37. The molecule has 1 spiro atoms. The molecule has 35 heavy (non-hydrogen) atoms. The minimum atomic E-state index is -0.471. The summed E-state index contributed by atoms with van der Waals surface area (Å²) < 4.78 is 10.1. The highest BCUT2D eigenvalue weighted by Crippen LogP contribution is 2.63. The van der Waals surface area contributed by atoms with Gasteiger partial charge in [-0.1, -0.05) is 76.1 Å². The van der Waals surface area contributed by atoms with E-state index in [1.165, 1.54) is 48.0 Å². The van der Waals surface area contributed by atoms with Crippen LogP contribution in [0.3, 0.4) is 0 Å². The first-order valence-electron chi connectivity index (χ1n) is 11.5. The van der Waals surface area contributed by atoms with Crippen LogP contribution in [0.5, 0.6) is 11.5 Å². The summed E-state index contributed by atoms with van der Waals surface area (Å²) >= 11 is 12.0. The third-order valence-corrected chi connectivity index (χ3v) is 9.32. The lowest BCUT2D eigenvalue weighted by Gasteiger charge is -2.39. The Morgan fingerprint density at radius 3 is 2.09 bits per heavy atom. The van der Waals surface area contributed by atoms with Gasteiger partial charge in [-0.2, -0.15) is 0 Å². The van der Waals surface area contributed by atoms with Crippen LogP contribution in [0.25, 0.3) is 31.3 Å². The second-order valence-electron chi connectivity index (χ2n) is 9.17. The van der Waals surface area contributed by atoms with E-state index in [0.717, 1.165) is 26.6 Å². The topological polar surface area (TPSA) is 9.23 Å². The highest BCUT2D eigenvalue weighted by Gasteiger charge is 2.51. The van der Waals surface area contributed by atoms with Gasteiger partial charge in [0.05, 0.1) is 5.41 Å². The van der Waals surface area contributed by atoms with Crippen LogP contribution in [0.1, 0.15) is 22.3 Å². The van der Waals surface area contributed by atoms with Gasteiger partial charge in [-0.15, -0.1) is 11.3 Å². The van der Waals surface area contributed by atoms with Gasteiger partial charge in [0, 0.05) is 40.8 Å². The molecule has 0 saturated carbocycles. The van der Waals surface area contributed by atoms with Crippen molar-refractivity contribution in [1.29, 1.82) is 0 Å². The van der Waals surface area contributed by atoms with Crippen molar-refractivity contribution >= 4 is 59.0 Å². The molecule has 0 saturated heterocycles. The molecule has 0 amide bonds. The van der Waals surface area contributed by atoms with E-state index in [1.54, 1.807) is 11.3 Å². The Hall–Kier alpha value is -3.11. The molecule has 2 heterocycles. The lowest BCUT2D eigenvalue weighted by atomic mass is 9.66. The van der Waals surface area contributed by atoms with Gasteiger partial charge in [0.25, 0.3) is 0 Å². The maximum atomic E-state index is 6.64. The summed E-state index contributed by atoms with van der Waals surface area (Å²) in [4.78, 5) is 0. The molecular weight excluding hydrogens is 536 g/mol. The Morgan fingerprint density at radius 1 is 0.629 bits per heavy atom. The molecule has 1 aliphatic heterocycles. The van der Waals surface area contributed by atoms with Crippen LogP contribution in [0.15, 0.2) is 102 Å². The van der Waals surface area contributed by atoms with Crippen LogP contribution >= 0.6 is 38.9 Å². The first-order valence-corrected chi connectivity index (χ1v) is 13.5. The summed E-state index contributed by atoms with van der Waals surface area (Å²) in [6.07, 6.45) is 0. The zero-order chi connectivity index (χ0) is 23.3. The summed E-state index contributed by atoms with van der Waals surface area (Å²) in [5, 5.41) is 3.16.